The molecule has 2 aromatic carbocycles. The molecule has 2 aromatic rings. The Balaban J connectivity index is 1.29. The molecule has 2 aliphatic carbocycles. The molecule has 1 amide bonds. The second-order valence-electron chi connectivity index (χ2n) is 11.7. The number of ether oxygens (including phenoxy) is 4. The summed E-state index contributed by atoms with van der Waals surface area (Å²) in [6.45, 7) is 1.97. The number of carbonyl (C=O) groups excluding carboxylic acids is 3. The first-order chi connectivity index (χ1) is 20.6. The zero-order valence-electron chi connectivity index (χ0n) is 24.4. The minimum absolute atomic E-state index is 0.0701. The summed E-state index contributed by atoms with van der Waals surface area (Å²) >= 11 is 0. The van der Waals surface area contributed by atoms with Crippen LogP contribution in [0.2, 0.25) is 0 Å². The van der Waals surface area contributed by atoms with Gasteiger partial charge in [0.2, 0.25) is 12.0 Å². The Hall–Kier alpha value is -3.93. The van der Waals surface area contributed by atoms with Crippen molar-refractivity contribution in [1.29, 1.82) is 0 Å². The monoisotopic (exact) mass is 592 g/mol. The van der Waals surface area contributed by atoms with Gasteiger partial charge in [0.05, 0.1) is 24.5 Å². The first-order valence-electron chi connectivity index (χ1n) is 14.5. The van der Waals surface area contributed by atoms with Gasteiger partial charge in [0, 0.05) is 30.1 Å². The molecule has 2 heterocycles. The molecule has 11 heteroatoms. The average Bonchev–Trinajstić information content (AvgIpc) is 3.35. The molecule has 228 valence electrons. The highest BCUT2D eigenvalue weighted by Crippen LogP contribution is 2.65. The van der Waals surface area contributed by atoms with Crippen LogP contribution in [0.4, 0.5) is 0 Å². The summed E-state index contributed by atoms with van der Waals surface area (Å²) in [7, 11) is 3.59. The lowest BCUT2D eigenvalue weighted by molar-refractivity contribution is -0.176. The van der Waals surface area contributed by atoms with Crippen molar-refractivity contribution in [2.24, 2.45) is 0 Å². The van der Waals surface area contributed by atoms with Crippen LogP contribution in [0, 0.1) is 0 Å². The van der Waals surface area contributed by atoms with Gasteiger partial charge in [-0.05, 0) is 51.1 Å². The van der Waals surface area contributed by atoms with Gasteiger partial charge in [-0.15, -0.1) is 0 Å². The van der Waals surface area contributed by atoms with Crippen molar-refractivity contribution in [1.82, 2.24) is 10.2 Å². The Bertz CT molecular complexity index is 1470. The predicted octanol–water partition coefficient (Wildman–Crippen LogP) is 1.69. The molecule has 0 aromatic heterocycles. The Morgan fingerprint density at radius 1 is 1.19 bits per heavy atom. The molecule has 0 saturated carbocycles. The van der Waals surface area contributed by atoms with Gasteiger partial charge in [-0.3, -0.25) is 9.59 Å². The maximum atomic E-state index is 13.8. The number of benzene rings is 2. The molecular weight excluding hydrogens is 556 g/mol. The smallest absolute Gasteiger partial charge is 0.357 e. The fourth-order valence-corrected chi connectivity index (χ4v) is 7.26. The molecule has 6 atom stereocenters. The Morgan fingerprint density at radius 2 is 1.95 bits per heavy atom. The van der Waals surface area contributed by atoms with Gasteiger partial charge in [0.25, 0.3) is 0 Å². The summed E-state index contributed by atoms with van der Waals surface area (Å²) in [5, 5.41) is 24.2. The highest BCUT2D eigenvalue weighted by atomic mass is 16.6. The molecule has 1 fully saturated rings. The van der Waals surface area contributed by atoms with Crippen LogP contribution in [0.25, 0.3) is 0 Å². The first-order valence-corrected chi connectivity index (χ1v) is 14.5. The van der Waals surface area contributed by atoms with E-state index in [1.54, 1.807) is 43.5 Å². The highest BCUT2D eigenvalue weighted by Gasteiger charge is 2.72. The van der Waals surface area contributed by atoms with Gasteiger partial charge in [-0.2, -0.15) is 0 Å². The predicted molar refractivity (Wildman–Crippen MR) is 152 cm³/mol. The lowest BCUT2D eigenvalue weighted by Crippen LogP contribution is -2.74. The standard InChI is InChI=1S/C32H36N2O9/c1-18(35)29(37)33-15-12-24(36)42-26(19-7-5-4-6-8-19)30(38)41-22-11-13-32(39)23-17-20-9-10-21(40-3)27-25(20)31(32,28(22)43-27)14-16-34(23)2/h4-11,18,23,26,28,35,39H,12-17H2,1-3H3,(H,33,37)/t18-,23-,26-,28-,31-,32+/m0/s1. The van der Waals surface area contributed by atoms with Gasteiger partial charge < -0.3 is 39.4 Å². The van der Waals surface area contributed by atoms with Gasteiger partial charge in [-0.1, -0.05) is 36.4 Å². The largest absolute Gasteiger partial charge is 0.493 e. The van der Waals surface area contributed by atoms with Crippen LogP contribution in [0.15, 0.2) is 54.3 Å². The fraction of sp³-hybridized carbons (Fsp3) is 0.469. The van der Waals surface area contributed by atoms with Crippen LogP contribution in [0.1, 0.15) is 49.0 Å². The lowest BCUT2D eigenvalue weighted by Gasteiger charge is -2.61. The number of nitrogens with one attached hydrogen (secondary N) is 1. The fourth-order valence-electron chi connectivity index (χ4n) is 7.26. The number of hydrogen-bond donors (Lipinski definition) is 3. The van der Waals surface area contributed by atoms with E-state index in [-0.39, 0.29) is 31.2 Å². The van der Waals surface area contributed by atoms with Crippen molar-refractivity contribution < 1.29 is 43.5 Å². The molecule has 4 aliphatic rings. The topological polar surface area (TPSA) is 144 Å². The molecule has 11 nitrogen and oxygen atoms in total. The number of esters is 2. The zero-order chi connectivity index (χ0) is 30.5. The van der Waals surface area contributed by atoms with Crippen LogP contribution in [0.3, 0.4) is 0 Å². The normalized spacial score (nSPS) is 28.0. The minimum Gasteiger partial charge on any atom is -0.493 e. The maximum Gasteiger partial charge on any atom is 0.357 e. The van der Waals surface area contributed by atoms with Crippen molar-refractivity contribution in [2.45, 2.75) is 68.0 Å². The summed E-state index contributed by atoms with van der Waals surface area (Å²) in [4.78, 5) is 40.3. The van der Waals surface area contributed by atoms with Gasteiger partial charge in [0.15, 0.2) is 17.6 Å². The molecule has 2 aliphatic heterocycles. The third kappa shape index (κ3) is 4.57. The van der Waals surface area contributed by atoms with E-state index in [0.717, 1.165) is 17.7 Å². The molecule has 1 spiro atoms. The molecule has 1 saturated heterocycles. The summed E-state index contributed by atoms with van der Waals surface area (Å²) in [6.07, 6.45) is -0.404. The van der Waals surface area contributed by atoms with Crippen LogP contribution < -0.4 is 14.8 Å². The third-order valence-electron chi connectivity index (χ3n) is 9.35. The second-order valence-corrected chi connectivity index (χ2v) is 11.7. The van der Waals surface area contributed by atoms with Crippen LogP contribution in [0.5, 0.6) is 11.5 Å². The number of likely N-dealkylation sites (N-methyl/N-ethyl adjacent to an activating group) is 1. The molecule has 43 heavy (non-hydrogen) atoms. The molecular formula is C32H36N2O9. The molecule has 0 radical (unpaired) electrons. The van der Waals surface area contributed by atoms with E-state index in [0.29, 0.717) is 29.9 Å². The molecule has 6 rings (SSSR count). The Kier molecular flexibility index (Phi) is 7.44. The number of hydrogen-bond acceptors (Lipinski definition) is 10. The summed E-state index contributed by atoms with van der Waals surface area (Å²) in [5.41, 5.74) is 0.387. The summed E-state index contributed by atoms with van der Waals surface area (Å²) in [6, 6.07) is 12.3. The van der Waals surface area contributed by atoms with Crippen molar-refractivity contribution in [2.75, 3.05) is 27.2 Å². The van der Waals surface area contributed by atoms with Crippen molar-refractivity contribution in [3.05, 3.63) is 71.0 Å². The van der Waals surface area contributed by atoms with E-state index in [4.69, 9.17) is 18.9 Å². The van der Waals surface area contributed by atoms with E-state index in [1.807, 2.05) is 19.2 Å². The number of piperidine rings is 1. The number of amides is 1. The summed E-state index contributed by atoms with van der Waals surface area (Å²) in [5.74, 6) is -0.802. The van der Waals surface area contributed by atoms with Crippen molar-refractivity contribution >= 4 is 17.8 Å². The number of aliphatic hydroxyl groups is 2. The second kappa shape index (κ2) is 11.0. The molecule has 2 bridgehead atoms. The number of methoxy groups -OCH3 is 1. The maximum absolute atomic E-state index is 13.8. The van der Waals surface area contributed by atoms with Crippen LogP contribution in [-0.2, 0) is 35.7 Å². The number of rotatable bonds is 9. The molecule has 0 unspecified atom stereocenters. The quantitative estimate of drug-likeness (QED) is 0.368. The first kappa shape index (κ1) is 29.2. The van der Waals surface area contributed by atoms with E-state index >= 15 is 0 Å². The van der Waals surface area contributed by atoms with E-state index in [2.05, 4.69) is 10.2 Å². The average molecular weight is 593 g/mol. The zero-order valence-corrected chi connectivity index (χ0v) is 24.4. The highest BCUT2D eigenvalue weighted by molar-refractivity contribution is 5.83. The molecule has 3 N–H and O–H groups in total. The van der Waals surface area contributed by atoms with Crippen LogP contribution in [-0.4, -0.2) is 84.1 Å². The minimum atomic E-state index is -1.38. The lowest BCUT2D eigenvalue weighted by atomic mass is 9.50. The van der Waals surface area contributed by atoms with Crippen molar-refractivity contribution in [3.63, 3.8) is 0 Å². The van der Waals surface area contributed by atoms with Crippen molar-refractivity contribution in [3.8, 4) is 11.5 Å². The number of nitrogens with zero attached hydrogens (tertiary/aromatic N) is 1. The van der Waals surface area contributed by atoms with E-state index < -0.39 is 47.2 Å². The number of aliphatic hydroxyl groups excluding tert-OH is 1. The summed E-state index contributed by atoms with van der Waals surface area (Å²) < 4.78 is 23.8. The van der Waals surface area contributed by atoms with Crippen LogP contribution >= 0.6 is 0 Å². The van der Waals surface area contributed by atoms with Gasteiger partial charge in [-0.25, -0.2) is 4.79 Å². The number of likely N-dealkylation sites (tertiary alicyclic amines) is 1. The number of carbonyl (C=O) groups is 3. The Labute approximate surface area is 249 Å². The SMILES string of the molecule is COc1ccc2c3c1O[C@H]1C(OC(=O)[C@@H](OC(=O)CCNC(=O)[C@H](C)O)c4ccccc4)=CC[C@@]4(O)[C@H](C2)N(C)CC[C@]314. The third-order valence-corrected chi connectivity index (χ3v) is 9.35. The Morgan fingerprint density at radius 3 is 2.67 bits per heavy atom. The van der Waals surface area contributed by atoms with Gasteiger partial charge in [0.1, 0.15) is 11.9 Å². The van der Waals surface area contributed by atoms with E-state index in [9.17, 15) is 24.6 Å². The van der Waals surface area contributed by atoms with Gasteiger partial charge >= 0.3 is 11.9 Å². The van der Waals surface area contributed by atoms with E-state index in [1.165, 1.54) is 6.92 Å².